The third-order valence-electron chi connectivity index (χ3n) is 3.56. The van der Waals surface area contributed by atoms with E-state index in [1.54, 1.807) is 14.2 Å². The first kappa shape index (κ1) is 17.1. The molecule has 0 heterocycles. The van der Waals surface area contributed by atoms with E-state index in [2.05, 4.69) is 12.2 Å². The van der Waals surface area contributed by atoms with Crippen molar-refractivity contribution in [2.24, 2.45) is 5.73 Å². The molecule has 0 aliphatic carbocycles. The number of carbonyl (C=O) groups excluding carboxylic acids is 1. The Hall–Kier alpha value is -1.91. The molecule has 0 aliphatic rings. The predicted octanol–water partition coefficient (Wildman–Crippen LogP) is 3.04. The molecule has 0 aromatic heterocycles. The Morgan fingerprint density at radius 2 is 2.05 bits per heavy atom. The van der Waals surface area contributed by atoms with Crippen molar-refractivity contribution in [2.75, 3.05) is 20.8 Å². The van der Waals surface area contributed by atoms with Crippen molar-refractivity contribution in [3.05, 3.63) is 23.8 Å². The summed E-state index contributed by atoms with van der Waals surface area (Å²) >= 11 is 0. The first-order valence-corrected chi connectivity index (χ1v) is 7.37. The van der Waals surface area contributed by atoms with Crippen LogP contribution >= 0.6 is 0 Å². The number of hydrogen-bond donors (Lipinski definition) is 2. The molecule has 1 atom stereocenters. The minimum atomic E-state index is -0.497. The molecule has 118 valence electrons. The van der Waals surface area contributed by atoms with Crippen molar-refractivity contribution in [3.8, 4) is 11.5 Å². The number of methoxy groups -OCH3 is 2. The Labute approximate surface area is 126 Å². The van der Waals surface area contributed by atoms with Crippen molar-refractivity contribution in [1.82, 2.24) is 5.32 Å². The lowest BCUT2D eigenvalue weighted by atomic mass is 9.92. The first-order chi connectivity index (χ1) is 10.1. The monoisotopic (exact) mass is 294 g/mol. The van der Waals surface area contributed by atoms with Crippen molar-refractivity contribution < 1.29 is 14.3 Å². The van der Waals surface area contributed by atoms with Crippen LogP contribution in [0.4, 0.5) is 4.79 Å². The number of urea groups is 1. The van der Waals surface area contributed by atoms with Gasteiger partial charge in [-0.15, -0.1) is 0 Å². The van der Waals surface area contributed by atoms with Crippen LogP contribution in [0, 0.1) is 0 Å². The van der Waals surface area contributed by atoms with Gasteiger partial charge in [0.15, 0.2) is 0 Å². The van der Waals surface area contributed by atoms with Crippen molar-refractivity contribution >= 4 is 6.03 Å². The zero-order valence-corrected chi connectivity index (χ0v) is 13.1. The first-order valence-electron chi connectivity index (χ1n) is 7.37. The van der Waals surface area contributed by atoms with Crippen LogP contribution in [0.5, 0.6) is 11.5 Å². The Bertz CT molecular complexity index is 449. The lowest BCUT2D eigenvalue weighted by molar-refractivity contribution is 0.248. The molecule has 0 saturated carbocycles. The summed E-state index contributed by atoms with van der Waals surface area (Å²) in [5.41, 5.74) is 6.26. The maximum Gasteiger partial charge on any atom is 0.312 e. The highest BCUT2D eigenvalue weighted by atomic mass is 16.5. The van der Waals surface area contributed by atoms with E-state index in [1.165, 1.54) is 6.42 Å². The molecule has 0 fully saturated rings. The maximum absolute atomic E-state index is 11.0. The zero-order chi connectivity index (χ0) is 15.7. The lowest BCUT2D eigenvalue weighted by Crippen LogP contribution is -2.33. The fourth-order valence-electron chi connectivity index (χ4n) is 2.39. The Morgan fingerprint density at radius 1 is 1.29 bits per heavy atom. The number of carbonyl (C=O) groups is 1. The van der Waals surface area contributed by atoms with Crippen molar-refractivity contribution in [1.29, 1.82) is 0 Å². The summed E-state index contributed by atoms with van der Waals surface area (Å²) in [6.45, 7) is 2.69. The number of primary amides is 1. The highest BCUT2D eigenvalue weighted by Gasteiger charge is 2.17. The van der Waals surface area contributed by atoms with Gasteiger partial charge in [-0.05, 0) is 18.1 Å². The second-order valence-electron chi connectivity index (χ2n) is 5.05. The lowest BCUT2D eigenvalue weighted by Gasteiger charge is -2.20. The van der Waals surface area contributed by atoms with Crippen LogP contribution in [-0.2, 0) is 0 Å². The highest BCUT2D eigenvalue weighted by Crippen LogP contribution is 2.33. The molecule has 0 saturated heterocycles. The van der Waals surface area contributed by atoms with Crippen molar-refractivity contribution in [2.45, 2.75) is 38.5 Å². The summed E-state index contributed by atoms with van der Waals surface area (Å²) < 4.78 is 10.7. The number of unbranched alkanes of at least 4 members (excludes halogenated alkanes) is 2. The van der Waals surface area contributed by atoms with E-state index < -0.39 is 6.03 Å². The molecule has 2 amide bonds. The minimum absolute atomic E-state index is 0.185. The molecule has 5 nitrogen and oxygen atoms in total. The van der Waals surface area contributed by atoms with Gasteiger partial charge in [-0.2, -0.15) is 0 Å². The number of amides is 2. The van der Waals surface area contributed by atoms with E-state index >= 15 is 0 Å². The van der Waals surface area contributed by atoms with Gasteiger partial charge >= 0.3 is 6.03 Å². The summed E-state index contributed by atoms with van der Waals surface area (Å²) in [5, 5.41) is 2.70. The quantitative estimate of drug-likeness (QED) is 0.687. The highest BCUT2D eigenvalue weighted by molar-refractivity contribution is 5.71. The third kappa shape index (κ3) is 5.53. The van der Waals surface area contributed by atoms with Crippen LogP contribution in [0.1, 0.15) is 44.1 Å². The van der Waals surface area contributed by atoms with E-state index in [4.69, 9.17) is 15.2 Å². The number of nitrogens with two attached hydrogens (primary N) is 1. The Morgan fingerprint density at radius 3 is 2.62 bits per heavy atom. The average Bonchev–Trinajstić information content (AvgIpc) is 2.50. The van der Waals surface area contributed by atoms with Gasteiger partial charge in [0.05, 0.1) is 14.2 Å². The number of benzene rings is 1. The Balaban J connectivity index is 2.91. The normalized spacial score (nSPS) is 11.8. The smallest absolute Gasteiger partial charge is 0.312 e. The van der Waals surface area contributed by atoms with E-state index in [0.717, 1.165) is 36.3 Å². The van der Waals surface area contributed by atoms with Gasteiger partial charge in [0.1, 0.15) is 11.5 Å². The van der Waals surface area contributed by atoms with Gasteiger partial charge in [0.2, 0.25) is 0 Å². The van der Waals surface area contributed by atoms with Crippen LogP contribution < -0.4 is 20.5 Å². The molecule has 1 aromatic carbocycles. The van der Waals surface area contributed by atoms with Gasteiger partial charge < -0.3 is 20.5 Å². The van der Waals surface area contributed by atoms with Crippen LogP contribution in [0.15, 0.2) is 18.2 Å². The van der Waals surface area contributed by atoms with Gasteiger partial charge in [-0.1, -0.05) is 32.3 Å². The number of nitrogens with one attached hydrogen (secondary N) is 1. The fourth-order valence-corrected chi connectivity index (χ4v) is 2.39. The second kappa shape index (κ2) is 9.10. The van der Waals surface area contributed by atoms with Crippen LogP contribution in [0.2, 0.25) is 0 Å². The molecule has 1 aromatic rings. The van der Waals surface area contributed by atoms with Crippen LogP contribution in [-0.4, -0.2) is 26.8 Å². The topological polar surface area (TPSA) is 73.6 Å². The summed E-state index contributed by atoms with van der Waals surface area (Å²) in [4.78, 5) is 11.0. The molecule has 5 heteroatoms. The molecule has 0 spiro atoms. The van der Waals surface area contributed by atoms with Gasteiger partial charge in [-0.25, -0.2) is 4.79 Å². The standard InChI is InChI=1S/C16H26N2O3/c1-4-5-6-7-12(11-18-16(17)19)14-9-8-13(20-2)10-15(14)21-3/h8-10,12H,4-7,11H2,1-3H3,(H3,17,18,19). The van der Waals surface area contributed by atoms with Crippen molar-refractivity contribution in [3.63, 3.8) is 0 Å². The maximum atomic E-state index is 11.0. The number of hydrogen-bond acceptors (Lipinski definition) is 3. The largest absolute Gasteiger partial charge is 0.497 e. The van der Waals surface area contributed by atoms with E-state index in [1.807, 2.05) is 18.2 Å². The zero-order valence-electron chi connectivity index (χ0n) is 13.1. The third-order valence-corrected chi connectivity index (χ3v) is 3.56. The minimum Gasteiger partial charge on any atom is -0.497 e. The van der Waals surface area contributed by atoms with E-state index in [9.17, 15) is 4.79 Å². The summed E-state index contributed by atoms with van der Waals surface area (Å²) in [7, 11) is 3.27. The van der Waals surface area contributed by atoms with Gasteiger partial charge in [0, 0.05) is 18.5 Å². The molecule has 0 aliphatic heterocycles. The summed E-state index contributed by atoms with van der Waals surface area (Å²) in [6.07, 6.45) is 4.43. The Kier molecular flexibility index (Phi) is 7.43. The average molecular weight is 294 g/mol. The number of rotatable bonds is 9. The predicted molar refractivity (Wildman–Crippen MR) is 84.0 cm³/mol. The fraction of sp³-hybridized carbons (Fsp3) is 0.562. The molecule has 21 heavy (non-hydrogen) atoms. The van der Waals surface area contributed by atoms with Gasteiger partial charge in [0.25, 0.3) is 0 Å². The molecule has 0 bridgehead atoms. The molecule has 1 unspecified atom stereocenters. The molecule has 1 rings (SSSR count). The number of ether oxygens (including phenoxy) is 2. The molecule has 3 N–H and O–H groups in total. The second-order valence-corrected chi connectivity index (χ2v) is 5.05. The summed E-state index contributed by atoms with van der Waals surface area (Å²) in [6, 6.07) is 5.28. The van der Waals surface area contributed by atoms with E-state index in [0.29, 0.717) is 6.54 Å². The molecular formula is C16H26N2O3. The van der Waals surface area contributed by atoms with Crippen LogP contribution in [0.3, 0.4) is 0 Å². The van der Waals surface area contributed by atoms with Gasteiger partial charge in [-0.3, -0.25) is 0 Å². The van der Waals surface area contributed by atoms with E-state index in [-0.39, 0.29) is 5.92 Å². The SMILES string of the molecule is CCCCCC(CNC(N)=O)c1ccc(OC)cc1OC. The summed E-state index contributed by atoms with van der Waals surface area (Å²) in [5.74, 6) is 1.72. The van der Waals surface area contributed by atoms with Crippen LogP contribution in [0.25, 0.3) is 0 Å². The molecule has 0 radical (unpaired) electrons. The molecular weight excluding hydrogens is 268 g/mol.